The largest absolute Gasteiger partial charge is 0.298 e. The van der Waals surface area contributed by atoms with E-state index in [4.69, 9.17) is 11.6 Å². The van der Waals surface area contributed by atoms with E-state index in [0.717, 1.165) is 6.42 Å². The SMILES string of the molecule is CCCCCCCCCCCCCCCCCCCCC(=O)CCl. The van der Waals surface area contributed by atoms with Crippen LogP contribution in [0.3, 0.4) is 0 Å². The number of alkyl halides is 1. The van der Waals surface area contributed by atoms with E-state index in [-0.39, 0.29) is 11.7 Å². The maximum Gasteiger partial charge on any atom is 0.147 e. The van der Waals surface area contributed by atoms with E-state index in [9.17, 15) is 4.79 Å². The van der Waals surface area contributed by atoms with Gasteiger partial charge in [-0.3, -0.25) is 4.79 Å². The quantitative estimate of drug-likeness (QED) is 0.158. The third kappa shape index (κ3) is 20.0. The van der Waals surface area contributed by atoms with Crippen LogP contribution in [0.2, 0.25) is 0 Å². The van der Waals surface area contributed by atoms with Gasteiger partial charge in [0.2, 0.25) is 0 Å². The number of carbonyl (C=O) groups is 1. The van der Waals surface area contributed by atoms with E-state index in [1.165, 1.54) is 109 Å². The van der Waals surface area contributed by atoms with Gasteiger partial charge in [-0.1, -0.05) is 116 Å². The summed E-state index contributed by atoms with van der Waals surface area (Å²) in [5, 5.41) is 0. The summed E-state index contributed by atoms with van der Waals surface area (Å²) in [5.41, 5.74) is 0. The minimum Gasteiger partial charge on any atom is -0.298 e. The number of Topliss-reactive ketones (excluding diaryl/α,β-unsaturated/α-hetero) is 1. The van der Waals surface area contributed by atoms with Crippen LogP contribution in [0.4, 0.5) is 0 Å². The maximum absolute atomic E-state index is 11.1. The molecule has 0 aliphatic carbocycles. The molecule has 0 aromatic rings. The molecule has 0 aliphatic heterocycles. The minimum atomic E-state index is 0.193. The highest BCUT2D eigenvalue weighted by Gasteiger charge is 1.99. The molecule has 144 valence electrons. The zero-order valence-corrected chi connectivity index (χ0v) is 17.2. The Morgan fingerprint density at radius 3 is 1.12 bits per heavy atom. The fourth-order valence-electron chi connectivity index (χ4n) is 3.29. The summed E-state index contributed by atoms with van der Waals surface area (Å²) in [5.74, 6) is 0.395. The number of hydrogen-bond donors (Lipinski definition) is 0. The Kier molecular flexibility index (Phi) is 21.0. The molecule has 2 heteroatoms. The van der Waals surface area contributed by atoms with Gasteiger partial charge in [-0.25, -0.2) is 0 Å². The lowest BCUT2D eigenvalue weighted by molar-refractivity contribution is -0.116. The van der Waals surface area contributed by atoms with E-state index in [1.807, 2.05) is 0 Å². The number of halogens is 1. The molecule has 0 bridgehead atoms. The monoisotopic (exact) mass is 358 g/mol. The van der Waals surface area contributed by atoms with Crippen molar-refractivity contribution in [3.8, 4) is 0 Å². The van der Waals surface area contributed by atoms with Gasteiger partial charge in [0, 0.05) is 6.42 Å². The van der Waals surface area contributed by atoms with Gasteiger partial charge in [-0.05, 0) is 6.42 Å². The molecular weight excluding hydrogens is 316 g/mol. The smallest absolute Gasteiger partial charge is 0.147 e. The lowest BCUT2D eigenvalue weighted by atomic mass is 10.0. The topological polar surface area (TPSA) is 17.1 Å². The van der Waals surface area contributed by atoms with Crippen molar-refractivity contribution in [2.24, 2.45) is 0 Å². The van der Waals surface area contributed by atoms with Gasteiger partial charge in [-0.15, -0.1) is 11.6 Å². The van der Waals surface area contributed by atoms with Crippen LogP contribution in [0.15, 0.2) is 0 Å². The summed E-state index contributed by atoms with van der Waals surface area (Å²) in [4.78, 5) is 11.1. The molecule has 0 atom stereocenters. The van der Waals surface area contributed by atoms with Gasteiger partial charge in [0.05, 0.1) is 5.88 Å². The van der Waals surface area contributed by atoms with Crippen molar-refractivity contribution in [3.05, 3.63) is 0 Å². The third-order valence-corrected chi connectivity index (χ3v) is 5.26. The Morgan fingerprint density at radius 2 is 0.833 bits per heavy atom. The van der Waals surface area contributed by atoms with Crippen molar-refractivity contribution in [1.82, 2.24) is 0 Å². The summed E-state index contributed by atoms with van der Waals surface area (Å²) in [6, 6.07) is 0. The Balaban J connectivity index is 2.99. The van der Waals surface area contributed by atoms with Gasteiger partial charge in [0.25, 0.3) is 0 Å². The number of rotatable bonds is 20. The molecule has 24 heavy (non-hydrogen) atoms. The Labute approximate surface area is 157 Å². The number of unbranched alkanes of at least 4 members (excludes halogenated alkanes) is 17. The van der Waals surface area contributed by atoms with E-state index >= 15 is 0 Å². The van der Waals surface area contributed by atoms with Crippen LogP contribution in [0.1, 0.15) is 129 Å². The minimum absolute atomic E-state index is 0.193. The lowest BCUT2D eigenvalue weighted by Crippen LogP contribution is -1.98. The predicted octanol–water partition coefficient (Wildman–Crippen LogP) is 8.23. The second-order valence-corrected chi connectivity index (χ2v) is 7.70. The molecule has 0 amide bonds. The lowest BCUT2D eigenvalue weighted by Gasteiger charge is -2.03. The summed E-state index contributed by atoms with van der Waals surface area (Å²) in [6.07, 6.45) is 25.6. The zero-order valence-electron chi connectivity index (χ0n) is 16.4. The Hall–Kier alpha value is -0.0400. The Bertz CT molecular complexity index is 252. The van der Waals surface area contributed by atoms with Crippen LogP contribution in [-0.4, -0.2) is 11.7 Å². The maximum atomic E-state index is 11.1. The fraction of sp³-hybridized carbons (Fsp3) is 0.955. The average Bonchev–Trinajstić information content (AvgIpc) is 2.60. The molecule has 0 aromatic heterocycles. The molecule has 0 aliphatic rings. The number of carbonyl (C=O) groups excluding carboxylic acids is 1. The molecule has 0 radical (unpaired) electrons. The van der Waals surface area contributed by atoms with Crippen molar-refractivity contribution >= 4 is 17.4 Å². The molecule has 0 saturated heterocycles. The zero-order chi connectivity index (χ0) is 17.7. The summed E-state index contributed by atoms with van der Waals surface area (Å²) in [7, 11) is 0. The summed E-state index contributed by atoms with van der Waals surface area (Å²) in [6.45, 7) is 2.29. The highest BCUT2D eigenvalue weighted by molar-refractivity contribution is 6.27. The predicted molar refractivity (Wildman–Crippen MR) is 109 cm³/mol. The van der Waals surface area contributed by atoms with Gasteiger partial charge in [-0.2, -0.15) is 0 Å². The molecular formula is C22H43ClO. The van der Waals surface area contributed by atoms with Crippen molar-refractivity contribution in [2.45, 2.75) is 129 Å². The fourth-order valence-corrected chi connectivity index (χ4v) is 3.42. The van der Waals surface area contributed by atoms with Crippen LogP contribution in [-0.2, 0) is 4.79 Å². The van der Waals surface area contributed by atoms with E-state index in [2.05, 4.69) is 6.92 Å². The van der Waals surface area contributed by atoms with Gasteiger partial charge >= 0.3 is 0 Å². The first-order valence-electron chi connectivity index (χ1n) is 10.9. The standard InChI is InChI=1S/C22H43ClO/c1-2-3-4-5-6-7-8-9-10-11-12-13-14-15-16-17-18-19-20-22(24)21-23/h2-21H2,1H3. The third-order valence-electron chi connectivity index (χ3n) is 4.96. The van der Waals surface area contributed by atoms with Crippen molar-refractivity contribution < 1.29 is 4.79 Å². The van der Waals surface area contributed by atoms with Gasteiger partial charge < -0.3 is 0 Å². The average molecular weight is 359 g/mol. The summed E-state index contributed by atoms with van der Waals surface area (Å²) >= 11 is 5.48. The second kappa shape index (κ2) is 21.0. The normalized spacial score (nSPS) is 11.1. The highest BCUT2D eigenvalue weighted by Crippen LogP contribution is 2.14. The molecule has 1 nitrogen and oxygen atoms in total. The van der Waals surface area contributed by atoms with E-state index in [0.29, 0.717) is 6.42 Å². The molecule has 0 N–H and O–H groups in total. The molecule has 0 saturated carbocycles. The van der Waals surface area contributed by atoms with Gasteiger partial charge in [0.15, 0.2) is 0 Å². The molecule has 0 aromatic carbocycles. The molecule has 0 spiro atoms. The van der Waals surface area contributed by atoms with Crippen LogP contribution in [0.25, 0.3) is 0 Å². The van der Waals surface area contributed by atoms with Crippen molar-refractivity contribution in [2.75, 3.05) is 5.88 Å². The first kappa shape index (κ1) is 24.0. The number of ketones is 1. The van der Waals surface area contributed by atoms with Crippen LogP contribution in [0, 0.1) is 0 Å². The molecule has 0 fully saturated rings. The van der Waals surface area contributed by atoms with Crippen molar-refractivity contribution in [3.63, 3.8) is 0 Å². The Morgan fingerprint density at radius 1 is 0.542 bits per heavy atom. The first-order valence-corrected chi connectivity index (χ1v) is 11.4. The van der Waals surface area contributed by atoms with Crippen LogP contribution < -0.4 is 0 Å². The molecule has 0 rings (SSSR count). The molecule has 0 unspecified atom stereocenters. The highest BCUT2D eigenvalue weighted by atomic mass is 35.5. The van der Waals surface area contributed by atoms with Gasteiger partial charge in [0.1, 0.15) is 5.78 Å². The van der Waals surface area contributed by atoms with E-state index < -0.39 is 0 Å². The van der Waals surface area contributed by atoms with Crippen molar-refractivity contribution in [1.29, 1.82) is 0 Å². The first-order chi connectivity index (χ1) is 11.8. The molecule has 0 heterocycles. The summed E-state index contributed by atoms with van der Waals surface area (Å²) < 4.78 is 0. The van der Waals surface area contributed by atoms with E-state index in [1.54, 1.807) is 0 Å². The van der Waals surface area contributed by atoms with Crippen LogP contribution in [0.5, 0.6) is 0 Å². The van der Waals surface area contributed by atoms with Crippen LogP contribution >= 0.6 is 11.6 Å². The second-order valence-electron chi connectivity index (χ2n) is 7.43. The number of hydrogen-bond acceptors (Lipinski definition) is 1.